The second kappa shape index (κ2) is 5.06. The van der Waals surface area contributed by atoms with Gasteiger partial charge in [0.05, 0.1) is 5.52 Å². The summed E-state index contributed by atoms with van der Waals surface area (Å²) in [6.45, 7) is 1.94. The van der Waals surface area contributed by atoms with E-state index in [1.807, 2.05) is 19.1 Å². The lowest BCUT2D eigenvalue weighted by molar-refractivity contribution is 0.629. The highest BCUT2D eigenvalue weighted by Crippen LogP contribution is 2.26. The second-order valence-corrected chi connectivity index (χ2v) is 4.90. The van der Waals surface area contributed by atoms with Crippen molar-refractivity contribution in [1.82, 2.24) is 9.97 Å². The number of aryl methyl sites for hydroxylation is 1. The molecule has 2 aromatic carbocycles. The summed E-state index contributed by atoms with van der Waals surface area (Å²) in [4.78, 5) is 8.31. The van der Waals surface area contributed by atoms with Crippen LogP contribution in [0.1, 0.15) is 5.56 Å². The van der Waals surface area contributed by atoms with E-state index in [0.29, 0.717) is 21.7 Å². The first-order chi connectivity index (χ1) is 9.63. The molecule has 0 amide bonds. The summed E-state index contributed by atoms with van der Waals surface area (Å²) >= 11 is 5.93. The Morgan fingerprint density at radius 1 is 1.10 bits per heavy atom. The van der Waals surface area contributed by atoms with Crippen molar-refractivity contribution in [2.75, 3.05) is 5.32 Å². The van der Waals surface area contributed by atoms with Crippen LogP contribution < -0.4 is 5.32 Å². The summed E-state index contributed by atoms with van der Waals surface area (Å²) in [5.41, 5.74) is 2.55. The molecular formula is C15H11ClFN3. The Kier molecular flexibility index (Phi) is 3.24. The van der Waals surface area contributed by atoms with Crippen molar-refractivity contribution in [3.8, 4) is 0 Å². The van der Waals surface area contributed by atoms with Crippen molar-refractivity contribution in [2.45, 2.75) is 6.92 Å². The topological polar surface area (TPSA) is 37.8 Å². The van der Waals surface area contributed by atoms with Gasteiger partial charge in [0, 0.05) is 16.1 Å². The number of fused-ring (bicyclic) bond motifs is 1. The van der Waals surface area contributed by atoms with Crippen LogP contribution in [-0.2, 0) is 0 Å². The van der Waals surface area contributed by atoms with Crippen molar-refractivity contribution < 1.29 is 4.39 Å². The summed E-state index contributed by atoms with van der Waals surface area (Å²) in [5, 5.41) is 4.51. The fourth-order valence-electron chi connectivity index (χ4n) is 2.02. The highest BCUT2D eigenvalue weighted by molar-refractivity contribution is 6.30. The largest absolute Gasteiger partial charge is 0.339 e. The molecule has 0 bridgehead atoms. The molecule has 0 saturated carbocycles. The van der Waals surface area contributed by atoms with Gasteiger partial charge in [0.1, 0.15) is 18.0 Å². The highest BCUT2D eigenvalue weighted by Gasteiger charge is 2.07. The number of nitrogens with one attached hydrogen (secondary N) is 1. The highest BCUT2D eigenvalue weighted by atomic mass is 35.5. The minimum Gasteiger partial charge on any atom is -0.339 e. The molecule has 0 fully saturated rings. The lowest BCUT2D eigenvalue weighted by atomic mass is 10.2. The van der Waals surface area contributed by atoms with Crippen molar-refractivity contribution in [3.63, 3.8) is 0 Å². The normalized spacial score (nSPS) is 10.8. The van der Waals surface area contributed by atoms with Crippen LogP contribution in [0, 0.1) is 12.7 Å². The van der Waals surface area contributed by atoms with E-state index in [0.717, 1.165) is 11.3 Å². The van der Waals surface area contributed by atoms with Gasteiger partial charge in [-0.3, -0.25) is 0 Å². The molecule has 3 nitrogen and oxygen atoms in total. The average molecular weight is 288 g/mol. The lowest BCUT2D eigenvalue weighted by Crippen LogP contribution is -1.98. The molecule has 0 aliphatic heterocycles. The van der Waals surface area contributed by atoms with Crippen LogP contribution in [-0.4, -0.2) is 9.97 Å². The van der Waals surface area contributed by atoms with Gasteiger partial charge in [-0.2, -0.15) is 0 Å². The second-order valence-electron chi connectivity index (χ2n) is 4.47. The number of rotatable bonds is 2. The van der Waals surface area contributed by atoms with Crippen molar-refractivity contribution in [1.29, 1.82) is 0 Å². The molecule has 20 heavy (non-hydrogen) atoms. The van der Waals surface area contributed by atoms with Crippen LogP contribution in [0.25, 0.3) is 10.9 Å². The lowest BCUT2D eigenvalue weighted by Gasteiger charge is -2.11. The minimum atomic E-state index is -0.317. The third-order valence-electron chi connectivity index (χ3n) is 3.04. The predicted molar refractivity (Wildman–Crippen MR) is 79.0 cm³/mol. The van der Waals surface area contributed by atoms with Gasteiger partial charge in [-0.1, -0.05) is 11.6 Å². The molecule has 1 aromatic heterocycles. The van der Waals surface area contributed by atoms with E-state index in [2.05, 4.69) is 15.3 Å². The number of hydrogen-bond acceptors (Lipinski definition) is 3. The van der Waals surface area contributed by atoms with Gasteiger partial charge in [-0.15, -0.1) is 0 Å². The third kappa shape index (κ3) is 2.42. The summed E-state index contributed by atoms with van der Waals surface area (Å²) in [5.74, 6) is 0.253. The molecule has 0 radical (unpaired) electrons. The average Bonchev–Trinajstić information content (AvgIpc) is 2.42. The van der Waals surface area contributed by atoms with E-state index < -0.39 is 0 Å². The smallest absolute Gasteiger partial charge is 0.141 e. The van der Waals surface area contributed by atoms with Crippen molar-refractivity contribution in [2.24, 2.45) is 0 Å². The number of hydrogen-bond donors (Lipinski definition) is 1. The zero-order valence-corrected chi connectivity index (χ0v) is 11.4. The Morgan fingerprint density at radius 2 is 1.95 bits per heavy atom. The maximum atomic E-state index is 13.4. The first-order valence-electron chi connectivity index (χ1n) is 6.07. The molecule has 0 atom stereocenters. The molecule has 1 heterocycles. The first kappa shape index (κ1) is 12.8. The van der Waals surface area contributed by atoms with Crippen LogP contribution in [0.3, 0.4) is 0 Å². The quantitative estimate of drug-likeness (QED) is 0.755. The number of nitrogens with zero attached hydrogens (tertiary/aromatic N) is 2. The maximum Gasteiger partial charge on any atom is 0.141 e. The molecule has 0 saturated heterocycles. The monoisotopic (exact) mass is 287 g/mol. The number of benzene rings is 2. The van der Waals surface area contributed by atoms with Crippen LogP contribution >= 0.6 is 11.6 Å². The van der Waals surface area contributed by atoms with E-state index in [-0.39, 0.29) is 5.82 Å². The van der Waals surface area contributed by atoms with Crippen LogP contribution in [0.4, 0.5) is 15.9 Å². The van der Waals surface area contributed by atoms with Gasteiger partial charge >= 0.3 is 0 Å². The third-order valence-corrected chi connectivity index (χ3v) is 3.27. The van der Waals surface area contributed by atoms with E-state index in [1.165, 1.54) is 18.5 Å². The molecular weight excluding hydrogens is 277 g/mol. The van der Waals surface area contributed by atoms with Crippen molar-refractivity contribution >= 4 is 34.0 Å². The number of aromatic nitrogens is 2. The van der Waals surface area contributed by atoms with E-state index in [1.54, 1.807) is 12.1 Å². The Hall–Kier alpha value is -2.20. The minimum absolute atomic E-state index is 0.317. The number of anilines is 2. The summed E-state index contributed by atoms with van der Waals surface area (Å²) in [6, 6.07) is 9.95. The SMILES string of the molecule is Cc1cc(Cl)ccc1Nc1ncnc2ccc(F)cc12. The zero-order chi connectivity index (χ0) is 14.1. The summed E-state index contributed by atoms with van der Waals surface area (Å²) in [6.07, 6.45) is 1.45. The standard InChI is InChI=1S/C15H11ClFN3/c1-9-6-10(16)2-4-13(9)20-15-12-7-11(17)3-5-14(12)18-8-19-15/h2-8H,1H3,(H,18,19,20). The van der Waals surface area contributed by atoms with Gasteiger partial charge < -0.3 is 5.32 Å². The number of halogens is 2. The Bertz CT molecular complexity index is 789. The first-order valence-corrected chi connectivity index (χ1v) is 6.45. The Morgan fingerprint density at radius 3 is 2.75 bits per heavy atom. The molecule has 1 N–H and O–H groups in total. The van der Waals surface area contributed by atoms with E-state index in [4.69, 9.17) is 11.6 Å². The maximum absolute atomic E-state index is 13.4. The fraction of sp³-hybridized carbons (Fsp3) is 0.0667. The van der Waals surface area contributed by atoms with E-state index >= 15 is 0 Å². The Balaban J connectivity index is 2.08. The molecule has 3 rings (SSSR count). The molecule has 0 aliphatic carbocycles. The molecule has 3 aromatic rings. The summed E-state index contributed by atoms with van der Waals surface area (Å²) < 4.78 is 13.4. The van der Waals surface area contributed by atoms with Gasteiger partial charge in [0.25, 0.3) is 0 Å². The molecule has 0 aliphatic rings. The zero-order valence-electron chi connectivity index (χ0n) is 10.7. The van der Waals surface area contributed by atoms with Crippen LogP contribution in [0.2, 0.25) is 5.02 Å². The molecule has 0 spiro atoms. The van der Waals surface area contributed by atoms with Gasteiger partial charge in [-0.05, 0) is 48.9 Å². The molecule has 5 heteroatoms. The molecule has 0 unspecified atom stereocenters. The predicted octanol–water partition coefficient (Wildman–Crippen LogP) is 4.47. The van der Waals surface area contributed by atoms with E-state index in [9.17, 15) is 4.39 Å². The van der Waals surface area contributed by atoms with Crippen molar-refractivity contribution in [3.05, 3.63) is 59.1 Å². The Labute approximate surface area is 120 Å². The molecule has 100 valence electrons. The van der Waals surface area contributed by atoms with Crippen LogP contribution in [0.5, 0.6) is 0 Å². The summed E-state index contributed by atoms with van der Waals surface area (Å²) in [7, 11) is 0. The fourth-order valence-corrected chi connectivity index (χ4v) is 2.25. The van der Waals surface area contributed by atoms with Crippen LogP contribution in [0.15, 0.2) is 42.7 Å². The van der Waals surface area contributed by atoms with Gasteiger partial charge in [0.2, 0.25) is 0 Å². The van der Waals surface area contributed by atoms with Gasteiger partial charge in [-0.25, -0.2) is 14.4 Å². The van der Waals surface area contributed by atoms with Gasteiger partial charge in [0.15, 0.2) is 0 Å².